The number of hydrogen-bond acceptors (Lipinski definition) is 4. The highest BCUT2D eigenvalue weighted by Crippen LogP contribution is 2.38. The first-order valence-electron chi connectivity index (χ1n) is 15.5. The Morgan fingerprint density at radius 1 is 0.840 bits per heavy atom. The molecule has 0 aliphatic rings. The molecule has 0 bridgehead atoms. The molecule has 0 aliphatic heterocycles. The molecule has 4 aromatic rings. The molecule has 266 valence electrons. The summed E-state index contributed by atoms with van der Waals surface area (Å²) in [5.74, 6) is -1.37. The van der Waals surface area contributed by atoms with Crippen molar-refractivity contribution >= 4 is 62.3 Å². The topological polar surface area (TPSA) is 86.8 Å². The van der Waals surface area contributed by atoms with Gasteiger partial charge in [0.25, 0.3) is 10.0 Å². The van der Waals surface area contributed by atoms with Crippen LogP contribution < -0.4 is 9.62 Å². The van der Waals surface area contributed by atoms with E-state index in [0.717, 1.165) is 22.6 Å². The van der Waals surface area contributed by atoms with Gasteiger partial charge in [-0.25, -0.2) is 8.42 Å². The van der Waals surface area contributed by atoms with Crippen molar-refractivity contribution in [3.8, 4) is 0 Å². The Hall–Kier alpha value is -3.77. The van der Waals surface area contributed by atoms with E-state index in [-0.39, 0.29) is 45.9 Å². The SMILES string of the molecule is Cc1ccc(S(=O)(=O)N(CC(=O)N(Cc2c(Cl)cccc2Cl)[C@@H](Cc2ccccc2)C(=O)NCC(C)C)c2ccc(Cl)c(C(F)(F)F)c2)cc1. The number of carbonyl (C=O) groups excluding carboxylic acids is 2. The van der Waals surface area contributed by atoms with Gasteiger partial charge in [-0.15, -0.1) is 0 Å². The average molecular weight is 769 g/mol. The van der Waals surface area contributed by atoms with Crippen molar-refractivity contribution in [2.75, 3.05) is 17.4 Å². The number of hydrogen-bond donors (Lipinski definition) is 1. The average Bonchev–Trinajstić information content (AvgIpc) is 3.05. The van der Waals surface area contributed by atoms with E-state index < -0.39 is 56.9 Å². The Labute approximate surface area is 305 Å². The van der Waals surface area contributed by atoms with Gasteiger partial charge in [-0.2, -0.15) is 13.2 Å². The Morgan fingerprint density at radius 3 is 2.04 bits per heavy atom. The molecule has 4 rings (SSSR count). The Morgan fingerprint density at radius 2 is 1.46 bits per heavy atom. The van der Waals surface area contributed by atoms with E-state index in [4.69, 9.17) is 34.8 Å². The molecule has 0 aromatic heterocycles. The highest BCUT2D eigenvalue weighted by Gasteiger charge is 2.38. The summed E-state index contributed by atoms with van der Waals surface area (Å²) in [4.78, 5) is 29.4. The van der Waals surface area contributed by atoms with Gasteiger partial charge in [-0.3, -0.25) is 13.9 Å². The number of rotatable bonds is 13. The van der Waals surface area contributed by atoms with Gasteiger partial charge in [0.05, 0.1) is 21.2 Å². The van der Waals surface area contributed by atoms with Crippen molar-refractivity contribution in [3.63, 3.8) is 0 Å². The first kappa shape index (κ1) is 39.0. The number of nitrogens with one attached hydrogen (secondary N) is 1. The molecule has 0 saturated heterocycles. The van der Waals surface area contributed by atoms with Crippen LogP contribution in [-0.2, 0) is 38.8 Å². The van der Waals surface area contributed by atoms with E-state index in [9.17, 15) is 31.2 Å². The predicted octanol–water partition coefficient (Wildman–Crippen LogP) is 8.58. The maximum atomic E-state index is 14.6. The van der Waals surface area contributed by atoms with Crippen LogP contribution in [0, 0.1) is 12.8 Å². The van der Waals surface area contributed by atoms with Gasteiger partial charge in [0.15, 0.2) is 0 Å². The van der Waals surface area contributed by atoms with E-state index in [2.05, 4.69) is 5.32 Å². The van der Waals surface area contributed by atoms with Gasteiger partial charge in [0, 0.05) is 35.1 Å². The lowest BCUT2D eigenvalue weighted by Gasteiger charge is -2.34. The minimum absolute atomic E-state index is 0.0163. The van der Waals surface area contributed by atoms with E-state index in [0.29, 0.717) is 15.9 Å². The third kappa shape index (κ3) is 9.72. The van der Waals surface area contributed by atoms with Gasteiger partial charge < -0.3 is 10.2 Å². The van der Waals surface area contributed by atoms with Gasteiger partial charge in [-0.05, 0) is 60.9 Å². The number of anilines is 1. The first-order valence-corrected chi connectivity index (χ1v) is 18.1. The van der Waals surface area contributed by atoms with Crippen LogP contribution in [-0.4, -0.2) is 44.3 Å². The zero-order valence-corrected chi connectivity index (χ0v) is 30.4. The Bertz CT molecular complexity index is 1910. The molecule has 1 atom stereocenters. The lowest BCUT2D eigenvalue weighted by Crippen LogP contribution is -2.53. The van der Waals surface area contributed by atoms with E-state index in [1.54, 1.807) is 55.5 Å². The molecule has 0 radical (unpaired) electrons. The number of aryl methyl sites for hydroxylation is 1. The van der Waals surface area contributed by atoms with Crippen molar-refractivity contribution < 1.29 is 31.2 Å². The van der Waals surface area contributed by atoms with Crippen LogP contribution in [0.5, 0.6) is 0 Å². The normalized spacial score (nSPS) is 12.4. The number of alkyl halides is 3. The summed E-state index contributed by atoms with van der Waals surface area (Å²) in [5, 5.41) is 2.58. The molecule has 0 saturated carbocycles. The minimum atomic E-state index is -4.93. The Balaban J connectivity index is 1.89. The lowest BCUT2D eigenvalue weighted by atomic mass is 10.0. The van der Waals surface area contributed by atoms with Crippen molar-refractivity contribution in [2.24, 2.45) is 5.92 Å². The van der Waals surface area contributed by atoms with Crippen LogP contribution in [0.2, 0.25) is 15.1 Å². The molecule has 0 spiro atoms. The molecule has 7 nitrogen and oxygen atoms in total. The zero-order valence-electron chi connectivity index (χ0n) is 27.3. The number of nitrogens with zero attached hydrogens (tertiary/aromatic N) is 2. The third-order valence-corrected chi connectivity index (χ3v) is 10.6. The standard InChI is InChI=1S/C36H35Cl3F3N3O4S/c1-23(2)20-43-35(47)33(18-25-8-5-4-6-9-25)44(21-28-30(37)10-7-11-31(28)38)34(46)22-45(50(48,49)27-15-12-24(3)13-16-27)26-14-17-32(39)29(19-26)36(40,41)42/h4-17,19,23,33H,18,20-22H2,1-3H3,(H,43,47)/t33-/m0/s1. The number of carbonyl (C=O) groups is 2. The second kappa shape index (κ2) is 16.5. The summed E-state index contributed by atoms with van der Waals surface area (Å²) >= 11 is 18.9. The highest BCUT2D eigenvalue weighted by atomic mass is 35.5. The predicted molar refractivity (Wildman–Crippen MR) is 191 cm³/mol. The van der Waals surface area contributed by atoms with Gasteiger partial charge in [0.1, 0.15) is 12.6 Å². The van der Waals surface area contributed by atoms with Crippen molar-refractivity contribution in [2.45, 2.75) is 50.9 Å². The summed E-state index contributed by atoms with van der Waals surface area (Å²) in [6.45, 7) is 4.50. The molecule has 1 N–H and O–H groups in total. The van der Waals surface area contributed by atoms with Crippen molar-refractivity contribution in [3.05, 3.63) is 128 Å². The molecular formula is C36H35Cl3F3N3O4S. The number of sulfonamides is 1. The van der Waals surface area contributed by atoms with Crippen LogP contribution >= 0.6 is 34.8 Å². The first-order chi connectivity index (χ1) is 23.5. The number of benzene rings is 4. The summed E-state index contributed by atoms with van der Waals surface area (Å²) in [5.41, 5.74) is -0.0378. The summed E-state index contributed by atoms with van der Waals surface area (Å²) < 4.78 is 71.0. The molecule has 0 fully saturated rings. The highest BCUT2D eigenvalue weighted by molar-refractivity contribution is 7.92. The van der Waals surface area contributed by atoms with Gasteiger partial charge >= 0.3 is 6.18 Å². The monoisotopic (exact) mass is 767 g/mol. The van der Waals surface area contributed by atoms with Crippen molar-refractivity contribution in [1.82, 2.24) is 10.2 Å². The molecule has 0 aliphatic carbocycles. The van der Waals surface area contributed by atoms with E-state index >= 15 is 0 Å². The molecule has 4 aromatic carbocycles. The van der Waals surface area contributed by atoms with Crippen LogP contribution in [0.3, 0.4) is 0 Å². The maximum absolute atomic E-state index is 14.6. The van der Waals surface area contributed by atoms with E-state index in [1.165, 1.54) is 24.3 Å². The minimum Gasteiger partial charge on any atom is -0.354 e. The van der Waals surface area contributed by atoms with Crippen LogP contribution in [0.4, 0.5) is 18.9 Å². The number of halogens is 6. The smallest absolute Gasteiger partial charge is 0.354 e. The van der Waals surface area contributed by atoms with Gasteiger partial charge in [0.2, 0.25) is 11.8 Å². The third-order valence-electron chi connectivity index (χ3n) is 7.78. The second-order valence-corrected chi connectivity index (χ2v) is 15.1. The van der Waals surface area contributed by atoms with Crippen LogP contribution in [0.1, 0.15) is 36.1 Å². The Kier molecular flexibility index (Phi) is 12.9. The number of amides is 2. The molecule has 50 heavy (non-hydrogen) atoms. The van der Waals surface area contributed by atoms with E-state index in [1.807, 2.05) is 13.8 Å². The fraction of sp³-hybridized carbons (Fsp3) is 0.278. The molecule has 0 unspecified atom stereocenters. The van der Waals surface area contributed by atoms with Gasteiger partial charge in [-0.1, -0.05) is 103 Å². The zero-order chi connectivity index (χ0) is 36.8. The quantitative estimate of drug-likeness (QED) is 0.148. The molecular weight excluding hydrogens is 734 g/mol. The fourth-order valence-electron chi connectivity index (χ4n) is 5.08. The largest absolute Gasteiger partial charge is 0.417 e. The maximum Gasteiger partial charge on any atom is 0.417 e. The van der Waals surface area contributed by atoms with Crippen LogP contribution in [0.15, 0.2) is 95.9 Å². The lowest BCUT2D eigenvalue weighted by molar-refractivity contribution is -0.140. The molecule has 2 amide bonds. The summed E-state index contributed by atoms with van der Waals surface area (Å²) in [6, 6.07) is 20.6. The summed E-state index contributed by atoms with van der Waals surface area (Å²) in [6.07, 6.45) is -4.92. The molecule has 14 heteroatoms. The second-order valence-electron chi connectivity index (χ2n) is 12.1. The summed E-state index contributed by atoms with van der Waals surface area (Å²) in [7, 11) is -4.67. The van der Waals surface area contributed by atoms with Crippen LogP contribution in [0.25, 0.3) is 0 Å². The van der Waals surface area contributed by atoms with Crippen molar-refractivity contribution in [1.29, 1.82) is 0 Å². The fourth-order valence-corrected chi connectivity index (χ4v) is 7.23. The molecule has 0 heterocycles.